The third-order valence-electron chi connectivity index (χ3n) is 2.83. The molecule has 0 saturated carbocycles. The molecule has 0 aliphatic rings. The van der Waals surface area contributed by atoms with E-state index in [1.807, 2.05) is 43.8 Å². The number of nitrogens with zero attached hydrogens (tertiary/aromatic N) is 1. The highest BCUT2D eigenvalue weighted by atomic mass is 14.9. The molecule has 0 aliphatic heterocycles. The molecule has 3 heteroatoms. The van der Waals surface area contributed by atoms with E-state index in [0.29, 0.717) is 0 Å². The molecular formula is C15H23N3. The Morgan fingerprint density at radius 2 is 2.17 bits per heavy atom. The molecule has 18 heavy (non-hydrogen) atoms. The Labute approximate surface area is 110 Å². The summed E-state index contributed by atoms with van der Waals surface area (Å²) in [6.45, 7) is 9.83. The van der Waals surface area contributed by atoms with Crippen LogP contribution < -0.4 is 11.1 Å². The van der Waals surface area contributed by atoms with E-state index >= 15 is 0 Å². The van der Waals surface area contributed by atoms with Crippen molar-refractivity contribution in [1.29, 1.82) is 0 Å². The van der Waals surface area contributed by atoms with Gasteiger partial charge in [0.1, 0.15) is 0 Å². The van der Waals surface area contributed by atoms with Crippen molar-refractivity contribution < 1.29 is 0 Å². The van der Waals surface area contributed by atoms with Crippen LogP contribution in [0.4, 0.5) is 0 Å². The molecule has 1 heterocycles. The topological polar surface area (TPSA) is 43.0 Å². The van der Waals surface area contributed by atoms with E-state index in [2.05, 4.69) is 31.1 Å². The van der Waals surface area contributed by atoms with Gasteiger partial charge in [0.05, 0.1) is 6.04 Å². The minimum Gasteiger partial charge on any atom is -0.402 e. The quantitative estimate of drug-likeness (QED) is 0.783. The number of rotatable bonds is 5. The van der Waals surface area contributed by atoms with E-state index in [0.717, 1.165) is 17.0 Å². The van der Waals surface area contributed by atoms with Crippen LogP contribution in [0.3, 0.4) is 0 Å². The van der Waals surface area contributed by atoms with E-state index in [1.54, 1.807) is 0 Å². The molecule has 1 aromatic heterocycles. The monoisotopic (exact) mass is 245 g/mol. The molecule has 0 bridgehead atoms. The first-order chi connectivity index (χ1) is 8.43. The highest BCUT2D eigenvalue weighted by Crippen LogP contribution is 2.16. The van der Waals surface area contributed by atoms with E-state index in [4.69, 9.17) is 5.73 Å². The summed E-state index contributed by atoms with van der Waals surface area (Å²) in [4.78, 5) is 0. The van der Waals surface area contributed by atoms with Crippen LogP contribution in [0.1, 0.15) is 32.4 Å². The average molecular weight is 245 g/mol. The van der Waals surface area contributed by atoms with Gasteiger partial charge in [0, 0.05) is 30.8 Å². The number of aryl methyl sites for hydroxylation is 1. The van der Waals surface area contributed by atoms with Crippen LogP contribution in [0.2, 0.25) is 0 Å². The molecule has 1 rings (SSSR count). The Bertz CT molecular complexity index is 474. The van der Waals surface area contributed by atoms with Crippen LogP contribution in [-0.4, -0.2) is 4.57 Å². The first kappa shape index (κ1) is 14.2. The molecule has 0 aliphatic carbocycles. The molecule has 0 spiro atoms. The second-order valence-corrected chi connectivity index (χ2v) is 4.67. The molecule has 1 atom stereocenters. The zero-order chi connectivity index (χ0) is 13.7. The van der Waals surface area contributed by atoms with Crippen LogP contribution in [0.15, 0.2) is 54.2 Å². The van der Waals surface area contributed by atoms with Gasteiger partial charge in [-0.25, -0.2) is 0 Å². The average Bonchev–Trinajstić information content (AvgIpc) is 2.73. The van der Waals surface area contributed by atoms with Crippen molar-refractivity contribution in [1.82, 2.24) is 9.88 Å². The molecule has 0 aromatic carbocycles. The Hall–Kier alpha value is -1.90. The van der Waals surface area contributed by atoms with E-state index in [1.165, 1.54) is 5.56 Å². The van der Waals surface area contributed by atoms with Crippen molar-refractivity contribution in [3.05, 3.63) is 59.7 Å². The van der Waals surface area contributed by atoms with Gasteiger partial charge in [-0.15, -0.1) is 0 Å². The highest BCUT2D eigenvalue weighted by molar-refractivity contribution is 5.32. The molecular weight excluding hydrogens is 222 g/mol. The fourth-order valence-corrected chi connectivity index (χ4v) is 1.70. The summed E-state index contributed by atoms with van der Waals surface area (Å²) in [5.74, 6) is 0. The number of aromatic nitrogens is 1. The first-order valence-corrected chi connectivity index (χ1v) is 6.09. The van der Waals surface area contributed by atoms with Gasteiger partial charge in [0.2, 0.25) is 0 Å². The lowest BCUT2D eigenvalue weighted by Gasteiger charge is -2.17. The van der Waals surface area contributed by atoms with E-state index in [-0.39, 0.29) is 6.04 Å². The maximum Gasteiger partial charge on any atom is 0.0500 e. The number of nitrogens with one attached hydrogen (secondary N) is 1. The Morgan fingerprint density at radius 1 is 1.50 bits per heavy atom. The second kappa shape index (κ2) is 6.15. The largest absolute Gasteiger partial charge is 0.402 e. The highest BCUT2D eigenvalue weighted by Gasteiger charge is 2.08. The fraction of sp³-hybridized carbons (Fsp3) is 0.333. The summed E-state index contributed by atoms with van der Waals surface area (Å²) >= 11 is 0. The number of nitrogens with two attached hydrogens (primary N) is 1. The van der Waals surface area contributed by atoms with Crippen molar-refractivity contribution in [3.63, 3.8) is 0 Å². The lowest BCUT2D eigenvalue weighted by molar-refractivity contribution is 0.659. The van der Waals surface area contributed by atoms with Crippen molar-refractivity contribution in [2.75, 3.05) is 0 Å². The molecule has 0 saturated heterocycles. The van der Waals surface area contributed by atoms with E-state index in [9.17, 15) is 0 Å². The summed E-state index contributed by atoms with van der Waals surface area (Å²) in [6.07, 6.45) is 7.93. The second-order valence-electron chi connectivity index (χ2n) is 4.67. The molecule has 1 aromatic rings. The lowest BCUT2D eigenvalue weighted by atomic mass is 10.1. The maximum absolute atomic E-state index is 5.75. The van der Waals surface area contributed by atoms with Crippen molar-refractivity contribution >= 4 is 0 Å². The molecule has 3 nitrogen and oxygen atoms in total. The summed E-state index contributed by atoms with van der Waals surface area (Å²) in [7, 11) is 2.02. The van der Waals surface area contributed by atoms with Crippen LogP contribution in [-0.2, 0) is 7.05 Å². The summed E-state index contributed by atoms with van der Waals surface area (Å²) < 4.78 is 2.04. The minimum absolute atomic E-state index is 0.228. The van der Waals surface area contributed by atoms with Crippen LogP contribution in [0.5, 0.6) is 0 Å². The molecule has 3 N–H and O–H groups in total. The normalized spacial score (nSPS) is 15.0. The van der Waals surface area contributed by atoms with Crippen LogP contribution in [0, 0.1) is 0 Å². The Kier molecular flexibility index (Phi) is 4.84. The van der Waals surface area contributed by atoms with Gasteiger partial charge >= 0.3 is 0 Å². The standard InChI is InChI=1S/C15H23N3/c1-6-11(2)15(9-12(3)16)17-13(4)14-7-8-18(5)10-14/h6-10,13,17H,1,16H2,2-5H3/b12-9+,15-11+. The first-order valence-electron chi connectivity index (χ1n) is 6.09. The van der Waals surface area contributed by atoms with Gasteiger partial charge in [0.25, 0.3) is 0 Å². The van der Waals surface area contributed by atoms with Gasteiger partial charge in [-0.2, -0.15) is 0 Å². The zero-order valence-electron chi connectivity index (χ0n) is 11.7. The van der Waals surface area contributed by atoms with Gasteiger partial charge in [-0.3, -0.25) is 0 Å². The Balaban J connectivity index is 2.92. The molecule has 0 radical (unpaired) electrons. The minimum atomic E-state index is 0.228. The van der Waals surface area contributed by atoms with Crippen molar-refractivity contribution in [2.24, 2.45) is 12.8 Å². The lowest BCUT2D eigenvalue weighted by Crippen LogP contribution is -2.18. The van der Waals surface area contributed by atoms with Gasteiger partial charge in [-0.05, 0) is 44.1 Å². The number of hydrogen-bond acceptors (Lipinski definition) is 2. The predicted octanol–water partition coefficient (Wildman–Crippen LogP) is 3.00. The molecule has 0 fully saturated rings. The third kappa shape index (κ3) is 3.84. The molecule has 98 valence electrons. The summed E-state index contributed by atoms with van der Waals surface area (Å²) in [5, 5.41) is 3.47. The number of hydrogen-bond donors (Lipinski definition) is 2. The van der Waals surface area contributed by atoms with Crippen LogP contribution in [0.25, 0.3) is 0 Å². The Morgan fingerprint density at radius 3 is 2.61 bits per heavy atom. The smallest absolute Gasteiger partial charge is 0.0500 e. The van der Waals surface area contributed by atoms with Crippen molar-refractivity contribution in [2.45, 2.75) is 26.8 Å². The fourth-order valence-electron chi connectivity index (χ4n) is 1.70. The van der Waals surface area contributed by atoms with E-state index < -0.39 is 0 Å². The van der Waals surface area contributed by atoms with Crippen LogP contribution >= 0.6 is 0 Å². The third-order valence-corrected chi connectivity index (χ3v) is 2.83. The number of allylic oxidation sites excluding steroid dienone is 4. The van der Waals surface area contributed by atoms with Gasteiger partial charge in [-0.1, -0.05) is 12.7 Å². The zero-order valence-corrected chi connectivity index (χ0v) is 11.7. The van der Waals surface area contributed by atoms with Gasteiger partial charge in [0.15, 0.2) is 0 Å². The SMILES string of the molecule is C=C/C(C)=C(\C=C(/C)N)NC(C)c1ccn(C)c1. The maximum atomic E-state index is 5.75. The summed E-state index contributed by atoms with van der Waals surface area (Å²) in [5.41, 5.74) is 9.88. The van der Waals surface area contributed by atoms with Crippen molar-refractivity contribution in [3.8, 4) is 0 Å². The predicted molar refractivity (Wildman–Crippen MR) is 77.8 cm³/mol. The van der Waals surface area contributed by atoms with Gasteiger partial charge < -0.3 is 15.6 Å². The molecule has 0 amide bonds. The molecule has 1 unspecified atom stereocenters. The summed E-state index contributed by atoms with van der Waals surface area (Å²) in [6, 6.07) is 2.34.